The van der Waals surface area contributed by atoms with Crippen LogP contribution in [0.2, 0.25) is 0 Å². The van der Waals surface area contributed by atoms with Gasteiger partial charge in [0.15, 0.2) is 0 Å². The van der Waals surface area contributed by atoms with Gasteiger partial charge in [0.05, 0.1) is 0 Å². The first-order chi connectivity index (χ1) is 6.66. The van der Waals surface area contributed by atoms with Gasteiger partial charge in [-0.2, -0.15) is 0 Å². The molecule has 3 heteroatoms. The van der Waals surface area contributed by atoms with Crippen LogP contribution in [0.25, 0.3) is 0 Å². The summed E-state index contributed by atoms with van der Waals surface area (Å²) in [4.78, 5) is 11.2. The van der Waals surface area contributed by atoms with E-state index in [2.05, 4.69) is 5.32 Å². The molecule has 0 aromatic rings. The van der Waals surface area contributed by atoms with E-state index in [1.807, 2.05) is 19.9 Å². The number of carbonyl (C=O) groups excluding carboxylic acids is 1. The third-order valence-corrected chi connectivity index (χ3v) is 1.92. The summed E-state index contributed by atoms with van der Waals surface area (Å²) in [6.45, 7) is 5.41. The molecular formula is C11H22N2O. The monoisotopic (exact) mass is 198 g/mol. The summed E-state index contributed by atoms with van der Waals surface area (Å²) >= 11 is 0. The van der Waals surface area contributed by atoms with Crippen LogP contribution in [0.3, 0.4) is 0 Å². The molecule has 0 fully saturated rings. The second kappa shape index (κ2) is 8.75. The van der Waals surface area contributed by atoms with Crippen LogP contribution in [-0.2, 0) is 4.79 Å². The Kier molecular flexibility index (Phi) is 8.24. The van der Waals surface area contributed by atoms with Crippen molar-refractivity contribution in [1.82, 2.24) is 5.32 Å². The average Bonchev–Trinajstić information content (AvgIpc) is 2.12. The van der Waals surface area contributed by atoms with Gasteiger partial charge in [0, 0.05) is 13.0 Å². The lowest BCUT2D eigenvalue weighted by molar-refractivity contribution is -0.121. The van der Waals surface area contributed by atoms with Crippen molar-refractivity contribution in [2.75, 3.05) is 13.1 Å². The highest BCUT2D eigenvalue weighted by atomic mass is 16.1. The lowest BCUT2D eigenvalue weighted by atomic mass is 10.2. The molecule has 0 bridgehead atoms. The zero-order valence-electron chi connectivity index (χ0n) is 9.31. The van der Waals surface area contributed by atoms with E-state index in [-0.39, 0.29) is 5.91 Å². The van der Waals surface area contributed by atoms with E-state index in [1.54, 1.807) is 0 Å². The predicted molar refractivity (Wildman–Crippen MR) is 60.0 cm³/mol. The SMILES string of the molecule is CC(C)=CCNC(=O)CCCCCN. The van der Waals surface area contributed by atoms with Crippen LogP contribution in [0.4, 0.5) is 0 Å². The van der Waals surface area contributed by atoms with Crippen LogP contribution >= 0.6 is 0 Å². The molecule has 0 saturated carbocycles. The number of unbranched alkanes of at least 4 members (excludes halogenated alkanes) is 2. The van der Waals surface area contributed by atoms with E-state index in [0.717, 1.165) is 25.8 Å². The van der Waals surface area contributed by atoms with Gasteiger partial charge < -0.3 is 11.1 Å². The topological polar surface area (TPSA) is 55.1 Å². The zero-order valence-corrected chi connectivity index (χ0v) is 9.31. The number of rotatable bonds is 7. The van der Waals surface area contributed by atoms with Crippen LogP contribution in [0.15, 0.2) is 11.6 Å². The van der Waals surface area contributed by atoms with Crippen LogP contribution in [-0.4, -0.2) is 19.0 Å². The first-order valence-electron chi connectivity index (χ1n) is 5.27. The predicted octanol–water partition coefficient (Wildman–Crippen LogP) is 1.59. The molecule has 0 aliphatic carbocycles. The number of allylic oxidation sites excluding steroid dienone is 1. The van der Waals surface area contributed by atoms with Crippen LogP contribution < -0.4 is 11.1 Å². The summed E-state index contributed by atoms with van der Waals surface area (Å²) in [5.74, 6) is 0.138. The van der Waals surface area contributed by atoms with E-state index < -0.39 is 0 Å². The number of amides is 1. The normalized spacial score (nSPS) is 9.64. The molecule has 1 amide bonds. The van der Waals surface area contributed by atoms with E-state index >= 15 is 0 Å². The smallest absolute Gasteiger partial charge is 0.220 e. The van der Waals surface area contributed by atoms with Gasteiger partial charge in [0.1, 0.15) is 0 Å². The summed E-state index contributed by atoms with van der Waals surface area (Å²) < 4.78 is 0. The van der Waals surface area contributed by atoms with Gasteiger partial charge >= 0.3 is 0 Å². The molecule has 0 radical (unpaired) electrons. The number of hydrogen-bond donors (Lipinski definition) is 2. The fourth-order valence-corrected chi connectivity index (χ4v) is 1.06. The van der Waals surface area contributed by atoms with Crippen molar-refractivity contribution in [3.63, 3.8) is 0 Å². The second-order valence-electron chi connectivity index (χ2n) is 3.68. The van der Waals surface area contributed by atoms with Gasteiger partial charge in [-0.3, -0.25) is 4.79 Å². The Morgan fingerprint density at radius 1 is 1.29 bits per heavy atom. The molecule has 14 heavy (non-hydrogen) atoms. The lowest BCUT2D eigenvalue weighted by Gasteiger charge is -2.02. The lowest BCUT2D eigenvalue weighted by Crippen LogP contribution is -2.23. The molecule has 0 heterocycles. The van der Waals surface area contributed by atoms with Crippen LogP contribution in [0.1, 0.15) is 39.5 Å². The second-order valence-corrected chi connectivity index (χ2v) is 3.68. The highest BCUT2D eigenvalue weighted by molar-refractivity contribution is 5.75. The van der Waals surface area contributed by atoms with Crippen molar-refractivity contribution in [2.45, 2.75) is 39.5 Å². The maximum Gasteiger partial charge on any atom is 0.220 e. The van der Waals surface area contributed by atoms with Gasteiger partial charge in [-0.25, -0.2) is 0 Å². The minimum atomic E-state index is 0.138. The Balaban J connectivity index is 3.33. The maximum absolute atomic E-state index is 11.2. The maximum atomic E-state index is 11.2. The standard InChI is InChI=1S/C11H22N2O/c1-10(2)7-9-13-11(14)6-4-3-5-8-12/h7H,3-6,8-9,12H2,1-2H3,(H,13,14). The Morgan fingerprint density at radius 3 is 2.57 bits per heavy atom. The molecule has 0 aromatic heterocycles. The van der Waals surface area contributed by atoms with Gasteiger partial charge in [-0.15, -0.1) is 0 Å². The Morgan fingerprint density at radius 2 is 2.00 bits per heavy atom. The van der Waals surface area contributed by atoms with Crippen molar-refractivity contribution in [2.24, 2.45) is 5.73 Å². The number of nitrogens with one attached hydrogen (secondary N) is 1. The number of hydrogen-bond acceptors (Lipinski definition) is 2. The summed E-state index contributed by atoms with van der Waals surface area (Å²) in [7, 11) is 0. The quantitative estimate of drug-likeness (QED) is 0.482. The fraction of sp³-hybridized carbons (Fsp3) is 0.727. The van der Waals surface area contributed by atoms with Crippen molar-refractivity contribution < 1.29 is 4.79 Å². The highest BCUT2D eigenvalue weighted by Gasteiger charge is 1.98. The number of carbonyl (C=O) groups is 1. The van der Waals surface area contributed by atoms with Gasteiger partial charge in [0.25, 0.3) is 0 Å². The molecular weight excluding hydrogens is 176 g/mol. The molecule has 3 N–H and O–H groups in total. The Bertz CT molecular complexity index is 184. The average molecular weight is 198 g/mol. The molecule has 0 unspecified atom stereocenters. The first-order valence-corrected chi connectivity index (χ1v) is 5.27. The van der Waals surface area contributed by atoms with Crippen molar-refractivity contribution in [1.29, 1.82) is 0 Å². The summed E-state index contributed by atoms with van der Waals surface area (Å²) in [5, 5.41) is 2.84. The third kappa shape index (κ3) is 9.26. The van der Waals surface area contributed by atoms with E-state index in [4.69, 9.17) is 5.73 Å². The van der Waals surface area contributed by atoms with Gasteiger partial charge in [-0.1, -0.05) is 18.1 Å². The Labute approximate surface area is 86.8 Å². The van der Waals surface area contributed by atoms with E-state index in [0.29, 0.717) is 13.0 Å². The fourth-order valence-electron chi connectivity index (χ4n) is 1.06. The van der Waals surface area contributed by atoms with E-state index in [9.17, 15) is 4.79 Å². The van der Waals surface area contributed by atoms with Crippen molar-refractivity contribution >= 4 is 5.91 Å². The molecule has 0 saturated heterocycles. The van der Waals surface area contributed by atoms with Crippen LogP contribution in [0.5, 0.6) is 0 Å². The third-order valence-electron chi connectivity index (χ3n) is 1.92. The minimum Gasteiger partial charge on any atom is -0.353 e. The largest absolute Gasteiger partial charge is 0.353 e. The summed E-state index contributed by atoms with van der Waals surface area (Å²) in [6, 6.07) is 0. The zero-order chi connectivity index (χ0) is 10.8. The molecule has 0 spiro atoms. The minimum absolute atomic E-state index is 0.138. The molecule has 0 atom stereocenters. The van der Waals surface area contributed by atoms with Crippen molar-refractivity contribution in [3.8, 4) is 0 Å². The van der Waals surface area contributed by atoms with Crippen LogP contribution in [0, 0.1) is 0 Å². The summed E-state index contributed by atoms with van der Waals surface area (Å²) in [6.07, 6.45) is 5.64. The summed E-state index contributed by atoms with van der Waals surface area (Å²) in [5.41, 5.74) is 6.58. The molecule has 0 aliphatic heterocycles. The van der Waals surface area contributed by atoms with Crippen molar-refractivity contribution in [3.05, 3.63) is 11.6 Å². The molecule has 3 nitrogen and oxygen atoms in total. The molecule has 82 valence electrons. The Hall–Kier alpha value is -0.830. The first kappa shape index (κ1) is 13.2. The molecule has 0 aromatic carbocycles. The van der Waals surface area contributed by atoms with E-state index in [1.165, 1.54) is 5.57 Å². The highest BCUT2D eigenvalue weighted by Crippen LogP contribution is 1.98. The molecule has 0 aliphatic rings. The number of nitrogens with two attached hydrogens (primary N) is 1. The van der Waals surface area contributed by atoms with Gasteiger partial charge in [0.2, 0.25) is 5.91 Å². The molecule has 0 rings (SSSR count). The van der Waals surface area contributed by atoms with Gasteiger partial charge in [-0.05, 0) is 33.2 Å².